The number of carbonyl (C=O) groups excluding carboxylic acids is 1. The van der Waals surface area contributed by atoms with Gasteiger partial charge in [-0.2, -0.15) is 0 Å². The maximum Gasteiger partial charge on any atom is 0.263 e. The molecule has 0 spiro atoms. The van der Waals surface area contributed by atoms with Gasteiger partial charge in [-0.15, -0.1) is 11.3 Å². The Morgan fingerprint density at radius 2 is 2.14 bits per heavy atom. The Hall–Kier alpha value is -1.43. The molecule has 1 atom stereocenters. The zero-order valence-electron chi connectivity index (χ0n) is 13.2. The summed E-state index contributed by atoms with van der Waals surface area (Å²) in [6, 6.07) is 0.650. The van der Waals surface area contributed by atoms with Crippen molar-refractivity contribution >= 4 is 27.9 Å². The Bertz CT molecular complexity index is 509. The predicted octanol–water partition coefficient (Wildman–Crippen LogP) is 3.08. The predicted molar refractivity (Wildman–Crippen MR) is 88.3 cm³/mol. The molecule has 1 heterocycles. The summed E-state index contributed by atoms with van der Waals surface area (Å²) in [6.07, 6.45) is 3.12. The van der Waals surface area contributed by atoms with E-state index in [2.05, 4.69) is 31.4 Å². The van der Waals surface area contributed by atoms with Crippen LogP contribution >= 0.6 is 11.3 Å². The highest BCUT2D eigenvalue weighted by Crippen LogP contribution is 2.43. The first-order chi connectivity index (χ1) is 9.97. The van der Waals surface area contributed by atoms with Crippen LogP contribution in [0.2, 0.25) is 0 Å². The number of rotatable bonds is 7. The van der Waals surface area contributed by atoms with Crippen LogP contribution < -0.4 is 21.1 Å². The van der Waals surface area contributed by atoms with E-state index in [4.69, 9.17) is 10.5 Å². The van der Waals surface area contributed by atoms with E-state index >= 15 is 0 Å². The van der Waals surface area contributed by atoms with E-state index in [9.17, 15) is 4.79 Å². The summed E-state index contributed by atoms with van der Waals surface area (Å²) in [5, 5.41) is 7.28. The molecule has 1 amide bonds. The molecule has 1 aliphatic carbocycles. The topological polar surface area (TPSA) is 76.4 Å². The number of thiophene rings is 1. The normalized spacial score (nSPS) is 15.9. The minimum absolute atomic E-state index is 0.0936. The van der Waals surface area contributed by atoms with E-state index in [1.807, 2.05) is 0 Å². The van der Waals surface area contributed by atoms with Gasteiger partial charge in [0.25, 0.3) is 5.91 Å². The fourth-order valence-electron chi connectivity index (χ4n) is 2.28. The lowest BCUT2D eigenvalue weighted by Crippen LogP contribution is -2.25. The molecular weight excluding hydrogens is 286 g/mol. The van der Waals surface area contributed by atoms with Crippen LogP contribution in [0.5, 0.6) is 5.75 Å². The first-order valence-corrected chi connectivity index (χ1v) is 8.33. The molecule has 1 fully saturated rings. The van der Waals surface area contributed by atoms with E-state index in [1.54, 1.807) is 7.11 Å². The van der Waals surface area contributed by atoms with E-state index in [0.29, 0.717) is 34.3 Å². The second-order valence-electron chi connectivity index (χ2n) is 5.86. The second-order valence-corrected chi connectivity index (χ2v) is 6.88. The Morgan fingerprint density at radius 1 is 1.48 bits per heavy atom. The highest BCUT2D eigenvalue weighted by Gasteiger charge is 2.28. The van der Waals surface area contributed by atoms with Crippen molar-refractivity contribution < 1.29 is 9.53 Å². The number of nitrogens with one attached hydrogen (secondary N) is 2. The molecule has 1 unspecified atom stereocenters. The van der Waals surface area contributed by atoms with Gasteiger partial charge >= 0.3 is 0 Å². The largest absolute Gasteiger partial charge is 0.492 e. The van der Waals surface area contributed by atoms with Crippen LogP contribution in [0.25, 0.3) is 0 Å². The minimum Gasteiger partial charge on any atom is -0.492 e. The number of ether oxygens (including phenoxy) is 1. The van der Waals surface area contributed by atoms with Crippen LogP contribution in [0, 0.1) is 5.92 Å². The SMILES string of the molecule is CCC(Nc1sc(C(=O)NC2CC2)c(N)c1OC)C(C)C. The van der Waals surface area contributed by atoms with Gasteiger partial charge in [0.1, 0.15) is 15.6 Å². The van der Waals surface area contributed by atoms with Crippen LogP contribution in [0.15, 0.2) is 0 Å². The van der Waals surface area contributed by atoms with Crippen molar-refractivity contribution in [2.75, 3.05) is 18.2 Å². The number of hydrogen-bond acceptors (Lipinski definition) is 5. The molecule has 1 saturated carbocycles. The second kappa shape index (κ2) is 6.56. The lowest BCUT2D eigenvalue weighted by molar-refractivity contribution is 0.0956. The molecule has 0 radical (unpaired) electrons. The first kappa shape index (κ1) is 15.9. The van der Waals surface area contributed by atoms with Crippen molar-refractivity contribution in [3.8, 4) is 5.75 Å². The third-order valence-electron chi connectivity index (χ3n) is 3.78. The lowest BCUT2D eigenvalue weighted by Gasteiger charge is -2.21. The van der Waals surface area contributed by atoms with E-state index < -0.39 is 0 Å². The quantitative estimate of drug-likeness (QED) is 0.723. The number of amides is 1. The van der Waals surface area contributed by atoms with Crippen molar-refractivity contribution in [2.45, 2.75) is 52.1 Å². The van der Waals surface area contributed by atoms with Crippen LogP contribution in [0.1, 0.15) is 49.7 Å². The van der Waals surface area contributed by atoms with Crippen molar-refractivity contribution in [1.29, 1.82) is 0 Å². The molecule has 0 aliphatic heterocycles. The highest BCUT2D eigenvalue weighted by molar-refractivity contribution is 7.19. The molecule has 0 bridgehead atoms. The van der Waals surface area contributed by atoms with Crippen LogP contribution in [-0.2, 0) is 0 Å². The van der Waals surface area contributed by atoms with Gasteiger partial charge in [-0.1, -0.05) is 20.8 Å². The summed E-state index contributed by atoms with van der Waals surface area (Å²) in [7, 11) is 1.59. The standard InChI is InChI=1S/C15H25N3O2S/c1-5-10(8(2)3)18-15-12(20-4)11(16)13(21-15)14(19)17-9-6-7-9/h8-10,18H,5-7,16H2,1-4H3,(H,17,19). The molecular formula is C15H25N3O2S. The summed E-state index contributed by atoms with van der Waals surface area (Å²) in [5.74, 6) is 0.982. The molecule has 5 nitrogen and oxygen atoms in total. The van der Waals surface area contributed by atoms with Gasteiger partial charge in [0.2, 0.25) is 0 Å². The van der Waals surface area contributed by atoms with Crippen molar-refractivity contribution in [1.82, 2.24) is 5.32 Å². The minimum atomic E-state index is -0.0936. The highest BCUT2D eigenvalue weighted by atomic mass is 32.1. The molecule has 0 saturated heterocycles. The Labute approximate surface area is 130 Å². The molecule has 118 valence electrons. The number of methoxy groups -OCH3 is 1. The van der Waals surface area contributed by atoms with Gasteiger partial charge < -0.3 is 21.1 Å². The molecule has 21 heavy (non-hydrogen) atoms. The molecule has 2 rings (SSSR count). The van der Waals surface area contributed by atoms with Crippen LogP contribution in [0.4, 0.5) is 10.7 Å². The number of nitrogens with two attached hydrogens (primary N) is 1. The fourth-order valence-corrected chi connectivity index (χ4v) is 3.34. The molecule has 6 heteroatoms. The average Bonchev–Trinajstić information content (AvgIpc) is 3.18. The molecule has 4 N–H and O–H groups in total. The lowest BCUT2D eigenvalue weighted by atomic mass is 10.0. The molecule has 1 aromatic rings. The molecule has 0 aromatic carbocycles. The molecule has 1 aliphatic rings. The number of carbonyl (C=O) groups is 1. The van der Waals surface area contributed by atoms with Crippen molar-refractivity contribution in [2.24, 2.45) is 5.92 Å². The number of anilines is 2. The first-order valence-electron chi connectivity index (χ1n) is 7.51. The van der Waals surface area contributed by atoms with Gasteiger partial charge in [0, 0.05) is 12.1 Å². The Balaban J connectivity index is 2.22. The summed E-state index contributed by atoms with van der Waals surface area (Å²) in [6.45, 7) is 6.48. The summed E-state index contributed by atoms with van der Waals surface area (Å²) in [5.41, 5.74) is 6.52. The molecule has 1 aromatic heterocycles. The maximum atomic E-state index is 12.2. The summed E-state index contributed by atoms with van der Waals surface area (Å²) in [4.78, 5) is 12.8. The monoisotopic (exact) mass is 311 g/mol. The Morgan fingerprint density at radius 3 is 2.62 bits per heavy atom. The number of hydrogen-bond donors (Lipinski definition) is 3. The average molecular weight is 311 g/mol. The van der Waals surface area contributed by atoms with Gasteiger partial charge in [-0.05, 0) is 25.2 Å². The van der Waals surface area contributed by atoms with Crippen LogP contribution in [0.3, 0.4) is 0 Å². The van der Waals surface area contributed by atoms with Gasteiger partial charge in [-0.25, -0.2) is 0 Å². The van der Waals surface area contributed by atoms with Gasteiger partial charge in [-0.3, -0.25) is 4.79 Å². The van der Waals surface area contributed by atoms with Crippen molar-refractivity contribution in [3.05, 3.63) is 4.88 Å². The zero-order chi connectivity index (χ0) is 15.6. The third kappa shape index (κ3) is 3.61. The zero-order valence-corrected chi connectivity index (χ0v) is 14.0. The van der Waals surface area contributed by atoms with Crippen molar-refractivity contribution in [3.63, 3.8) is 0 Å². The number of nitrogen functional groups attached to an aromatic ring is 1. The summed E-state index contributed by atoms with van der Waals surface area (Å²) >= 11 is 1.38. The maximum absolute atomic E-state index is 12.2. The third-order valence-corrected chi connectivity index (χ3v) is 4.90. The Kier molecular flexibility index (Phi) is 4.98. The summed E-state index contributed by atoms with van der Waals surface area (Å²) < 4.78 is 5.40. The van der Waals surface area contributed by atoms with E-state index in [0.717, 1.165) is 24.3 Å². The fraction of sp³-hybridized carbons (Fsp3) is 0.667. The van der Waals surface area contributed by atoms with Gasteiger partial charge in [0.05, 0.1) is 7.11 Å². The smallest absolute Gasteiger partial charge is 0.263 e. The van der Waals surface area contributed by atoms with Gasteiger partial charge in [0.15, 0.2) is 5.75 Å². The van der Waals surface area contributed by atoms with E-state index in [1.165, 1.54) is 11.3 Å². The van der Waals surface area contributed by atoms with E-state index in [-0.39, 0.29) is 5.91 Å². The van der Waals surface area contributed by atoms with Crippen LogP contribution in [-0.4, -0.2) is 25.1 Å².